The lowest BCUT2D eigenvalue weighted by Gasteiger charge is -2.35. The summed E-state index contributed by atoms with van der Waals surface area (Å²) in [5.41, 5.74) is 1.69. The van der Waals surface area contributed by atoms with Crippen molar-refractivity contribution in [2.45, 2.75) is 32.7 Å². The molecule has 1 aromatic rings. The van der Waals surface area contributed by atoms with Gasteiger partial charge in [-0.1, -0.05) is 13.0 Å². The number of likely N-dealkylation sites (N-methyl/N-ethyl adjacent to an activating group) is 1. The van der Waals surface area contributed by atoms with Crippen LogP contribution in [0.2, 0.25) is 0 Å². The summed E-state index contributed by atoms with van der Waals surface area (Å²) >= 11 is 0. The Hall–Kier alpha value is -1.13. The fourth-order valence-corrected chi connectivity index (χ4v) is 5.24. The fraction of sp³-hybridized carbons (Fsp3) is 0.708. The zero-order valence-electron chi connectivity index (χ0n) is 19.7. The zero-order chi connectivity index (χ0) is 21.6. The molecule has 3 aliphatic rings. The van der Waals surface area contributed by atoms with Crippen LogP contribution in [-0.4, -0.2) is 93.2 Å². The standard InChI is InChI=1S/C24H39FN6.HI/c1-3-28-12-14-30(15-13-28)23-7-6-20(16-22(23)25)17-27-24(26-2)31-11-8-21(19-31)18-29-9-4-5-10-29;/h6-7,16,21H,3-5,8-15,17-19H2,1-2H3,(H,26,27);1H. The maximum atomic E-state index is 14.8. The number of anilines is 1. The number of guanidine groups is 1. The molecule has 0 saturated carbocycles. The van der Waals surface area contributed by atoms with Crippen LogP contribution in [0.3, 0.4) is 0 Å². The molecule has 6 nitrogen and oxygen atoms in total. The highest BCUT2D eigenvalue weighted by Gasteiger charge is 2.27. The van der Waals surface area contributed by atoms with Gasteiger partial charge in [-0.25, -0.2) is 4.39 Å². The largest absolute Gasteiger partial charge is 0.367 e. The summed E-state index contributed by atoms with van der Waals surface area (Å²) in [5, 5.41) is 3.46. The van der Waals surface area contributed by atoms with Crippen LogP contribution in [0.15, 0.2) is 23.2 Å². The van der Waals surface area contributed by atoms with E-state index in [1.165, 1.54) is 38.9 Å². The number of aliphatic imine (C=N–C) groups is 1. The van der Waals surface area contributed by atoms with E-state index >= 15 is 0 Å². The SMILES string of the molecule is CCN1CCN(c2ccc(CNC(=NC)N3CCC(CN4CCCC4)C3)cc2F)CC1.I. The van der Waals surface area contributed by atoms with E-state index in [4.69, 9.17) is 0 Å². The first-order valence-corrected chi connectivity index (χ1v) is 12.1. The molecule has 0 radical (unpaired) electrons. The molecule has 0 aromatic heterocycles. The van der Waals surface area contributed by atoms with E-state index in [1.54, 1.807) is 6.07 Å². The van der Waals surface area contributed by atoms with Gasteiger partial charge in [-0.3, -0.25) is 4.99 Å². The van der Waals surface area contributed by atoms with Crippen molar-refractivity contribution >= 4 is 35.6 Å². The maximum Gasteiger partial charge on any atom is 0.193 e. The first kappa shape index (κ1) is 25.5. The molecule has 0 amide bonds. The molecule has 3 saturated heterocycles. The number of hydrogen-bond donors (Lipinski definition) is 1. The second-order valence-electron chi connectivity index (χ2n) is 9.22. The van der Waals surface area contributed by atoms with Crippen molar-refractivity contribution in [3.8, 4) is 0 Å². The second kappa shape index (κ2) is 12.4. The van der Waals surface area contributed by atoms with E-state index in [0.29, 0.717) is 6.54 Å². The summed E-state index contributed by atoms with van der Waals surface area (Å²) in [6, 6.07) is 5.67. The van der Waals surface area contributed by atoms with Gasteiger partial charge in [0.05, 0.1) is 5.69 Å². The third-order valence-electron chi connectivity index (χ3n) is 7.14. The predicted molar refractivity (Wildman–Crippen MR) is 142 cm³/mol. The summed E-state index contributed by atoms with van der Waals surface area (Å²) < 4.78 is 14.8. The van der Waals surface area contributed by atoms with Gasteiger partial charge in [0, 0.05) is 59.4 Å². The summed E-state index contributed by atoms with van der Waals surface area (Å²) in [5.74, 6) is 1.54. The summed E-state index contributed by atoms with van der Waals surface area (Å²) in [7, 11) is 1.84. The Bertz CT molecular complexity index is 746. The number of halogens is 2. The van der Waals surface area contributed by atoms with Gasteiger partial charge in [-0.2, -0.15) is 0 Å². The normalized spacial score (nSPS) is 23.0. The highest BCUT2D eigenvalue weighted by atomic mass is 127. The van der Waals surface area contributed by atoms with E-state index in [1.807, 2.05) is 19.2 Å². The number of benzene rings is 1. The van der Waals surface area contributed by atoms with Gasteiger partial charge >= 0.3 is 0 Å². The van der Waals surface area contributed by atoms with E-state index < -0.39 is 0 Å². The monoisotopic (exact) mass is 558 g/mol. The number of rotatable bonds is 6. The minimum Gasteiger partial charge on any atom is -0.367 e. The van der Waals surface area contributed by atoms with Gasteiger partial charge in [0.25, 0.3) is 0 Å². The minimum atomic E-state index is -0.119. The number of nitrogens with zero attached hydrogens (tertiary/aromatic N) is 5. The molecule has 1 atom stereocenters. The third-order valence-corrected chi connectivity index (χ3v) is 7.14. The minimum absolute atomic E-state index is 0. The van der Waals surface area contributed by atoms with Crippen LogP contribution in [0, 0.1) is 11.7 Å². The highest BCUT2D eigenvalue weighted by Crippen LogP contribution is 2.23. The van der Waals surface area contributed by atoms with Crippen LogP contribution in [0.4, 0.5) is 10.1 Å². The number of hydrogen-bond acceptors (Lipinski definition) is 4. The maximum absolute atomic E-state index is 14.8. The number of likely N-dealkylation sites (tertiary alicyclic amines) is 2. The quantitative estimate of drug-likeness (QED) is 0.330. The van der Waals surface area contributed by atoms with Crippen LogP contribution < -0.4 is 10.2 Å². The zero-order valence-corrected chi connectivity index (χ0v) is 22.1. The Balaban J connectivity index is 0.00000289. The molecule has 0 bridgehead atoms. The van der Waals surface area contributed by atoms with E-state index in [2.05, 4.69) is 36.8 Å². The van der Waals surface area contributed by atoms with Crippen molar-refractivity contribution in [3.05, 3.63) is 29.6 Å². The van der Waals surface area contributed by atoms with Gasteiger partial charge in [-0.15, -0.1) is 24.0 Å². The lowest BCUT2D eigenvalue weighted by Crippen LogP contribution is -2.46. The van der Waals surface area contributed by atoms with Crippen molar-refractivity contribution < 1.29 is 4.39 Å². The molecular weight excluding hydrogens is 518 g/mol. The Morgan fingerprint density at radius 2 is 1.81 bits per heavy atom. The highest BCUT2D eigenvalue weighted by molar-refractivity contribution is 14.0. The molecule has 0 spiro atoms. The summed E-state index contributed by atoms with van der Waals surface area (Å²) in [6.45, 7) is 13.5. The Kier molecular flexibility index (Phi) is 9.85. The smallest absolute Gasteiger partial charge is 0.193 e. The molecule has 8 heteroatoms. The van der Waals surface area contributed by atoms with Gasteiger partial charge < -0.3 is 24.9 Å². The van der Waals surface area contributed by atoms with Gasteiger partial charge in [0.15, 0.2) is 5.96 Å². The van der Waals surface area contributed by atoms with Crippen LogP contribution >= 0.6 is 24.0 Å². The first-order chi connectivity index (χ1) is 15.2. The molecule has 3 fully saturated rings. The molecule has 1 N–H and O–H groups in total. The second-order valence-corrected chi connectivity index (χ2v) is 9.22. The molecular formula is C24H40FIN6. The molecule has 4 rings (SSSR count). The van der Waals surface area contributed by atoms with Crippen LogP contribution in [-0.2, 0) is 6.54 Å². The van der Waals surface area contributed by atoms with Crippen molar-refractivity contribution in [1.82, 2.24) is 20.0 Å². The van der Waals surface area contributed by atoms with E-state index in [0.717, 1.165) is 68.9 Å². The van der Waals surface area contributed by atoms with Gasteiger partial charge in [0.2, 0.25) is 0 Å². The third kappa shape index (κ3) is 6.47. The van der Waals surface area contributed by atoms with E-state index in [-0.39, 0.29) is 29.8 Å². The summed E-state index contributed by atoms with van der Waals surface area (Å²) in [4.78, 5) is 14.0. The molecule has 3 aliphatic heterocycles. The molecule has 0 aliphatic carbocycles. The van der Waals surface area contributed by atoms with Crippen molar-refractivity contribution in [2.75, 3.05) is 77.4 Å². The van der Waals surface area contributed by atoms with Gasteiger partial charge in [-0.05, 0) is 62.5 Å². The lowest BCUT2D eigenvalue weighted by molar-refractivity contribution is 0.270. The van der Waals surface area contributed by atoms with Crippen LogP contribution in [0.1, 0.15) is 31.7 Å². The van der Waals surface area contributed by atoms with Crippen LogP contribution in [0.25, 0.3) is 0 Å². The fourth-order valence-electron chi connectivity index (χ4n) is 5.24. The number of piperazine rings is 1. The van der Waals surface area contributed by atoms with Crippen molar-refractivity contribution in [3.63, 3.8) is 0 Å². The average molecular weight is 559 g/mol. The first-order valence-electron chi connectivity index (χ1n) is 12.1. The van der Waals surface area contributed by atoms with Crippen molar-refractivity contribution in [2.24, 2.45) is 10.9 Å². The van der Waals surface area contributed by atoms with Gasteiger partial charge in [0.1, 0.15) is 5.82 Å². The van der Waals surface area contributed by atoms with E-state index in [9.17, 15) is 4.39 Å². The molecule has 32 heavy (non-hydrogen) atoms. The Morgan fingerprint density at radius 1 is 1.06 bits per heavy atom. The molecule has 1 aromatic carbocycles. The van der Waals surface area contributed by atoms with Crippen molar-refractivity contribution in [1.29, 1.82) is 0 Å². The number of nitrogens with one attached hydrogen (secondary N) is 1. The molecule has 3 heterocycles. The Morgan fingerprint density at radius 3 is 2.47 bits per heavy atom. The topological polar surface area (TPSA) is 37.4 Å². The Labute approximate surface area is 210 Å². The predicted octanol–water partition coefficient (Wildman–Crippen LogP) is 3.08. The summed E-state index contributed by atoms with van der Waals surface area (Å²) in [6.07, 6.45) is 3.93. The average Bonchev–Trinajstić information content (AvgIpc) is 3.47. The lowest BCUT2D eigenvalue weighted by atomic mass is 10.1. The molecule has 1 unspecified atom stereocenters. The molecule has 180 valence electrons. The van der Waals surface area contributed by atoms with Crippen LogP contribution in [0.5, 0.6) is 0 Å².